The van der Waals surface area contributed by atoms with Gasteiger partial charge in [0.25, 0.3) is 0 Å². The Labute approximate surface area is 240 Å². The first-order valence-corrected chi connectivity index (χ1v) is 13.6. The van der Waals surface area contributed by atoms with Gasteiger partial charge in [-0.25, -0.2) is 4.98 Å². The molecule has 1 heterocycles. The lowest BCUT2D eigenvalue weighted by Crippen LogP contribution is -2.74. The van der Waals surface area contributed by atoms with Crippen LogP contribution in [0.2, 0.25) is 0 Å². The number of aromatic amines is 1. The number of para-hydroxylation sites is 2. The SMILES string of the molecule is CN(C)c1cc(-c2nc3ccccc3[nH]2)c(O)c2c1C[C@H]1C[C@H]3[C@H](N(C)C)C(=O)C(C(N)=O)C(=O)[C@@]3(O)C(=O)C1C2=O. The van der Waals surface area contributed by atoms with Crippen LogP contribution in [-0.2, 0) is 25.6 Å². The number of amides is 1. The molecule has 2 saturated carbocycles. The summed E-state index contributed by atoms with van der Waals surface area (Å²) in [6.07, 6.45) is 0.163. The lowest BCUT2D eigenvalue weighted by molar-refractivity contribution is -0.181. The van der Waals surface area contributed by atoms with Crippen LogP contribution in [0.25, 0.3) is 22.4 Å². The van der Waals surface area contributed by atoms with Crippen LogP contribution in [0.1, 0.15) is 22.3 Å². The molecular weight excluding hydrogens is 542 g/mol. The molecule has 6 rings (SSSR count). The molecular formula is C30H31N5O7. The molecule has 42 heavy (non-hydrogen) atoms. The van der Waals surface area contributed by atoms with E-state index >= 15 is 0 Å². The number of carbonyl (C=O) groups is 5. The van der Waals surface area contributed by atoms with Gasteiger partial charge in [-0.15, -0.1) is 0 Å². The van der Waals surface area contributed by atoms with Gasteiger partial charge in [-0.05, 0) is 56.6 Å². The van der Waals surface area contributed by atoms with E-state index in [0.29, 0.717) is 22.6 Å². The van der Waals surface area contributed by atoms with Crippen molar-refractivity contribution in [1.82, 2.24) is 14.9 Å². The van der Waals surface area contributed by atoms with E-state index in [0.717, 1.165) is 5.52 Å². The van der Waals surface area contributed by atoms with Crippen molar-refractivity contribution in [2.45, 2.75) is 24.5 Å². The van der Waals surface area contributed by atoms with Crippen LogP contribution >= 0.6 is 0 Å². The zero-order valence-electron chi connectivity index (χ0n) is 23.5. The lowest BCUT2D eigenvalue weighted by Gasteiger charge is -2.52. The van der Waals surface area contributed by atoms with Gasteiger partial charge in [0.15, 0.2) is 34.7 Å². The van der Waals surface area contributed by atoms with E-state index in [9.17, 15) is 34.2 Å². The first-order chi connectivity index (χ1) is 19.8. The zero-order valence-corrected chi connectivity index (χ0v) is 23.5. The number of phenols is 1. The van der Waals surface area contributed by atoms with Gasteiger partial charge in [-0.3, -0.25) is 28.9 Å². The van der Waals surface area contributed by atoms with Gasteiger partial charge in [-0.2, -0.15) is 0 Å². The summed E-state index contributed by atoms with van der Waals surface area (Å²) in [6, 6.07) is 7.87. The Morgan fingerprint density at radius 1 is 1.10 bits per heavy atom. The average molecular weight is 574 g/mol. The second kappa shape index (κ2) is 9.30. The quantitative estimate of drug-likeness (QED) is 0.320. The largest absolute Gasteiger partial charge is 0.506 e. The number of imidazole rings is 1. The van der Waals surface area contributed by atoms with Gasteiger partial charge in [0.05, 0.1) is 34.1 Å². The summed E-state index contributed by atoms with van der Waals surface area (Å²) < 4.78 is 0. The number of nitrogens with zero attached hydrogens (tertiary/aromatic N) is 3. The number of primary amides is 1. The third-order valence-corrected chi connectivity index (χ3v) is 9.16. The Bertz CT molecular complexity index is 1690. The number of fused-ring (bicyclic) bond motifs is 4. The van der Waals surface area contributed by atoms with E-state index in [4.69, 9.17) is 5.73 Å². The number of nitrogens with one attached hydrogen (secondary N) is 1. The minimum atomic E-state index is -2.77. The van der Waals surface area contributed by atoms with Crippen LogP contribution in [0.15, 0.2) is 30.3 Å². The van der Waals surface area contributed by atoms with Crippen LogP contribution in [0.5, 0.6) is 5.75 Å². The Kier molecular flexibility index (Phi) is 6.14. The Morgan fingerprint density at radius 3 is 2.40 bits per heavy atom. The summed E-state index contributed by atoms with van der Waals surface area (Å²) in [5.41, 5.74) is 5.32. The number of hydrogen-bond donors (Lipinski definition) is 4. The molecule has 2 aromatic carbocycles. The predicted octanol–water partition coefficient (Wildman–Crippen LogP) is 0.476. The molecule has 6 atom stereocenters. The number of benzene rings is 2. The lowest BCUT2D eigenvalue weighted by atomic mass is 9.52. The average Bonchev–Trinajstić information content (AvgIpc) is 3.34. The van der Waals surface area contributed by atoms with Gasteiger partial charge >= 0.3 is 0 Å². The Balaban J connectivity index is 1.52. The van der Waals surface area contributed by atoms with Gasteiger partial charge in [0.2, 0.25) is 5.91 Å². The first-order valence-electron chi connectivity index (χ1n) is 13.6. The fourth-order valence-corrected chi connectivity index (χ4v) is 7.31. The summed E-state index contributed by atoms with van der Waals surface area (Å²) in [5.74, 6) is -10.5. The smallest absolute Gasteiger partial charge is 0.235 e. The summed E-state index contributed by atoms with van der Waals surface area (Å²) in [6.45, 7) is 0. The summed E-state index contributed by atoms with van der Waals surface area (Å²) >= 11 is 0. The van der Waals surface area contributed by atoms with Crippen LogP contribution in [0, 0.1) is 23.7 Å². The van der Waals surface area contributed by atoms with Gasteiger partial charge < -0.3 is 25.8 Å². The summed E-state index contributed by atoms with van der Waals surface area (Å²) in [4.78, 5) is 78.2. The van der Waals surface area contributed by atoms with Crippen LogP contribution in [-0.4, -0.2) is 94.0 Å². The Hall–Kier alpha value is -4.42. The summed E-state index contributed by atoms with van der Waals surface area (Å²) in [5, 5.41) is 23.3. The highest BCUT2D eigenvalue weighted by Crippen LogP contribution is 2.53. The van der Waals surface area contributed by atoms with Crippen molar-refractivity contribution in [2.75, 3.05) is 33.1 Å². The maximum Gasteiger partial charge on any atom is 0.235 e. The van der Waals surface area contributed by atoms with E-state index < -0.39 is 64.4 Å². The van der Waals surface area contributed by atoms with Gasteiger partial charge in [0.1, 0.15) is 11.6 Å². The number of aliphatic hydroxyl groups is 1. The number of ketones is 4. The number of likely N-dealkylation sites (N-methyl/N-ethyl adjacent to an activating group) is 1. The fraction of sp³-hybridized carbons (Fsp3) is 0.400. The number of hydrogen-bond acceptors (Lipinski definition) is 10. The molecule has 218 valence electrons. The molecule has 12 heteroatoms. The van der Waals surface area contributed by atoms with Crippen LogP contribution in [0.3, 0.4) is 0 Å². The molecule has 0 spiro atoms. The van der Waals surface area contributed by atoms with E-state index in [-0.39, 0.29) is 29.7 Å². The zero-order chi connectivity index (χ0) is 30.4. The number of aromatic nitrogens is 2. The predicted molar refractivity (Wildman–Crippen MR) is 151 cm³/mol. The van der Waals surface area contributed by atoms with E-state index in [2.05, 4.69) is 9.97 Å². The number of nitrogens with two attached hydrogens (primary N) is 1. The van der Waals surface area contributed by atoms with Crippen molar-refractivity contribution in [3.05, 3.63) is 41.5 Å². The third kappa shape index (κ3) is 3.61. The van der Waals surface area contributed by atoms with Gasteiger partial charge in [0, 0.05) is 25.7 Å². The second-order valence-corrected chi connectivity index (χ2v) is 11.9. The fourth-order valence-electron chi connectivity index (χ4n) is 7.31. The first kappa shape index (κ1) is 27.7. The molecule has 2 fully saturated rings. The molecule has 1 aromatic heterocycles. The molecule has 1 amide bonds. The highest BCUT2D eigenvalue weighted by atomic mass is 16.3. The van der Waals surface area contributed by atoms with Crippen molar-refractivity contribution in [3.63, 3.8) is 0 Å². The maximum atomic E-state index is 14.2. The second-order valence-electron chi connectivity index (χ2n) is 11.9. The molecule has 3 aliphatic carbocycles. The molecule has 3 aliphatic rings. The van der Waals surface area contributed by atoms with Crippen molar-refractivity contribution in [2.24, 2.45) is 29.4 Å². The Morgan fingerprint density at radius 2 is 1.79 bits per heavy atom. The van der Waals surface area contributed by atoms with E-state index in [1.165, 1.54) is 4.90 Å². The topological polar surface area (TPSA) is 187 Å². The number of phenolic OH excluding ortho intramolecular Hbond substituents is 1. The maximum absolute atomic E-state index is 14.2. The van der Waals surface area contributed by atoms with Crippen LogP contribution < -0.4 is 10.6 Å². The molecule has 3 aromatic rings. The van der Waals surface area contributed by atoms with Crippen LogP contribution in [0.4, 0.5) is 5.69 Å². The highest BCUT2D eigenvalue weighted by molar-refractivity contribution is 6.32. The molecule has 0 bridgehead atoms. The molecule has 5 N–H and O–H groups in total. The van der Waals surface area contributed by atoms with Crippen molar-refractivity contribution in [3.8, 4) is 17.1 Å². The van der Waals surface area contributed by atoms with Crippen molar-refractivity contribution >= 4 is 45.8 Å². The number of Topliss-reactive ketones (excluding diaryl/α,β-unsaturated/α-hetero) is 4. The number of carbonyl (C=O) groups excluding carboxylic acids is 5. The third-order valence-electron chi connectivity index (χ3n) is 9.16. The van der Waals surface area contributed by atoms with Gasteiger partial charge in [-0.1, -0.05) is 12.1 Å². The monoisotopic (exact) mass is 573 g/mol. The van der Waals surface area contributed by atoms with E-state index in [1.54, 1.807) is 45.2 Å². The number of H-pyrrole nitrogens is 1. The molecule has 0 saturated heterocycles. The molecule has 0 aliphatic heterocycles. The number of rotatable bonds is 4. The van der Waals surface area contributed by atoms with Crippen molar-refractivity contribution < 1.29 is 34.2 Å². The highest BCUT2D eigenvalue weighted by Gasteiger charge is 2.69. The summed E-state index contributed by atoms with van der Waals surface area (Å²) in [7, 11) is 6.69. The van der Waals surface area contributed by atoms with Crippen molar-refractivity contribution in [1.29, 1.82) is 0 Å². The number of aromatic hydroxyl groups is 1. The minimum absolute atomic E-state index is 0.0111. The minimum Gasteiger partial charge on any atom is -0.506 e. The standard InChI is InChI=1S/C30H31N5O7/c1-34(2)18-11-14(29-32-16-7-5-6-8-17(16)33-29)23(36)20-13(18)9-12-10-15-22(35(3)4)25(38)21(28(31)41)27(40)30(15,42)26(39)19(12)24(20)37/h5-8,11-12,15,19,21-22,36,42H,9-10H2,1-4H3,(H2,31,41)(H,32,33)/t12-,15-,19?,21?,22-,30-/m0/s1. The van der Waals surface area contributed by atoms with E-state index in [1.807, 2.05) is 18.2 Å². The molecule has 0 radical (unpaired) electrons. The number of anilines is 1. The molecule has 12 nitrogen and oxygen atoms in total. The molecule has 2 unspecified atom stereocenters. The normalized spacial score (nSPS) is 29.0.